The maximum Gasteiger partial charge on any atom is 0.280 e. The molecular formula is C23H23FN4O2S. The second kappa shape index (κ2) is 8.93. The Morgan fingerprint density at radius 3 is 2.71 bits per heavy atom. The fraction of sp³-hybridized carbons (Fsp3) is 0.261. The van der Waals surface area contributed by atoms with Crippen LogP contribution < -0.4 is 10.3 Å². The van der Waals surface area contributed by atoms with E-state index in [1.54, 1.807) is 22.4 Å². The van der Waals surface area contributed by atoms with Crippen molar-refractivity contribution in [2.24, 2.45) is 0 Å². The number of ether oxygens (including phenoxy) is 1. The van der Waals surface area contributed by atoms with Gasteiger partial charge in [-0.25, -0.2) is 9.37 Å². The SMILES string of the molecule is CCn1nc(C)c2nc(SCc3cccc(F)c3)n(Cc3ccccc3OC)c(=O)c21. The number of hydrogen-bond donors (Lipinski definition) is 0. The van der Waals surface area contributed by atoms with Gasteiger partial charge >= 0.3 is 0 Å². The molecule has 0 aliphatic rings. The number of rotatable bonds is 7. The van der Waals surface area contributed by atoms with E-state index in [9.17, 15) is 9.18 Å². The van der Waals surface area contributed by atoms with E-state index >= 15 is 0 Å². The van der Waals surface area contributed by atoms with Gasteiger partial charge in [-0.1, -0.05) is 42.1 Å². The largest absolute Gasteiger partial charge is 0.496 e. The van der Waals surface area contributed by atoms with Crippen LogP contribution in [0.4, 0.5) is 4.39 Å². The summed E-state index contributed by atoms with van der Waals surface area (Å²) in [4.78, 5) is 18.4. The molecule has 0 radical (unpaired) electrons. The van der Waals surface area contributed by atoms with Gasteiger partial charge in [0.15, 0.2) is 10.7 Å². The minimum absolute atomic E-state index is 0.153. The van der Waals surface area contributed by atoms with Gasteiger partial charge in [-0.05, 0) is 37.6 Å². The Morgan fingerprint density at radius 2 is 1.97 bits per heavy atom. The minimum atomic E-state index is -0.284. The van der Waals surface area contributed by atoms with Gasteiger partial charge in [-0.15, -0.1) is 0 Å². The molecule has 4 rings (SSSR count). The van der Waals surface area contributed by atoms with E-state index in [0.29, 0.717) is 46.5 Å². The molecule has 0 aliphatic carbocycles. The van der Waals surface area contributed by atoms with Crippen molar-refractivity contribution in [1.82, 2.24) is 19.3 Å². The third-order valence-corrected chi connectivity index (χ3v) is 6.11. The molecule has 160 valence electrons. The van der Waals surface area contributed by atoms with E-state index in [1.165, 1.54) is 23.9 Å². The van der Waals surface area contributed by atoms with E-state index in [1.807, 2.05) is 44.2 Å². The third-order valence-electron chi connectivity index (χ3n) is 5.06. The lowest BCUT2D eigenvalue weighted by molar-refractivity contribution is 0.407. The molecule has 6 nitrogen and oxygen atoms in total. The number of hydrogen-bond acceptors (Lipinski definition) is 5. The minimum Gasteiger partial charge on any atom is -0.496 e. The zero-order valence-electron chi connectivity index (χ0n) is 17.6. The van der Waals surface area contributed by atoms with Crippen LogP contribution in [0.3, 0.4) is 0 Å². The normalized spacial score (nSPS) is 11.2. The number of halogens is 1. The zero-order valence-corrected chi connectivity index (χ0v) is 18.4. The summed E-state index contributed by atoms with van der Waals surface area (Å²) in [6, 6.07) is 14.0. The summed E-state index contributed by atoms with van der Waals surface area (Å²) in [5.41, 5.74) is 3.35. The smallest absolute Gasteiger partial charge is 0.280 e. The second-order valence-corrected chi connectivity index (χ2v) is 8.06. The molecule has 0 fully saturated rings. The van der Waals surface area contributed by atoms with Crippen molar-refractivity contribution in [2.75, 3.05) is 7.11 Å². The van der Waals surface area contributed by atoms with Crippen molar-refractivity contribution >= 4 is 22.8 Å². The lowest BCUT2D eigenvalue weighted by Gasteiger charge is -2.14. The lowest BCUT2D eigenvalue weighted by Crippen LogP contribution is -2.26. The predicted molar refractivity (Wildman–Crippen MR) is 120 cm³/mol. The highest BCUT2D eigenvalue weighted by Gasteiger charge is 2.19. The summed E-state index contributed by atoms with van der Waals surface area (Å²) in [5, 5.41) is 5.04. The Kier molecular flexibility index (Phi) is 6.08. The van der Waals surface area contributed by atoms with Crippen molar-refractivity contribution in [3.8, 4) is 5.75 Å². The average molecular weight is 439 g/mol. The van der Waals surface area contributed by atoms with E-state index in [4.69, 9.17) is 9.72 Å². The molecule has 0 N–H and O–H groups in total. The van der Waals surface area contributed by atoms with Crippen LogP contribution >= 0.6 is 11.8 Å². The molecule has 2 aromatic heterocycles. The number of para-hydroxylation sites is 1. The number of benzene rings is 2. The van der Waals surface area contributed by atoms with Gasteiger partial charge < -0.3 is 4.74 Å². The quantitative estimate of drug-likeness (QED) is 0.316. The van der Waals surface area contributed by atoms with Crippen LogP contribution in [0.1, 0.15) is 23.7 Å². The third kappa shape index (κ3) is 4.20. The molecule has 2 aromatic carbocycles. The van der Waals surface area contributed by atoms with Gasteiger partial charge in [0.1, 0.15) is 17.1 Å². The summed E-state index contributed by atoms with van der Waals surface area (Å²) < 4.78 is 22.4. The van der Waals surface area contributed by atoms with Crippen molar-refractivity contribution < 1.29 is 9.13 Å². The van der Waals surface area contributed by atoms with E-state index in [2.05, 4.69) is 5.10 Å². The topological polar surface area (TPSA) is 61.9 Å². The number of fused-ring (bicyclic) bond motifs is 1. The van der Waals surface area contributed by atoms with Crippen LogP contribution in [0.25, 0.3) is 11.0 Å². The Labute approximate surface area is 183 Å². The van der Waals surface area contributed by atoms with Gasteiger partial charge in [0, 0.05) is 17.9 Å². The first-order chi connectivity index (χ1) is 15.0. The Bertz CT molecular complexity index is 1300. The molecule has 0 saturated carbocycles. The molecule has 0 aliphatic heterocycles. The molecule has 0 unspecified atom stereocenters. The van der Waals surface area contributed by atoms with Crippen molar-refractivity contribution in [1.29, 1.82) is 0 Å². The van der Waals surface area contributed by atoms with Gasteiger partial charge in [0.05, 0.1) is 19.3 Å². The number of methoxy groups -OCH3 is 1. The van der Waals surface area contributed by atoms with Crippen molar-refractivity contribution in [3.63, 3.8) is 0 Å². The molecule has 8 heteroatoms. The standard InChI is InChI=1S/C23H23FN4O2S/c1-4-28-21-20(15(2)26-28)25-23(31-14-16-8-7-10-18(24)12-16)27(22(21)29)13-17-9-5-6-11-19(17)30-3/h5-12H,4,13-14H2,1-3H3. The predicted octanol–water partition coefficient (Wildman–Crippen LogP) is 4.41. The Balaban J connectivity index is 1.83. The highest BCUT2D eigenvalue weighted by molar-refractivity contribution is 7.98. The first-order valence-corrected chi connectivity index (χ1v) is 11.0. The fourth-order valence-corrected chi connectivity index (χ4v) is 4.48. The number of aromatic nitrogens is 4. The average Bonchev–Trinajstić information content (AvgIpc) is 3.10. The van der Waals surface area contributed by atoms with Crippen LogP contribution in [-0.4, -0.2) is 26.4 Å². The summed E-state index contributed by atoms with van der Waals surface area (Å²) >= 11 is 1.40. The molecule has 31 heavy (non-hydrogen) atoms. The fourth-order valence-electron chi connectivity index (χ4n) is 3.55. The molecule has 0 bridgehead atoms. The van der Waals surface area contributed by atoms with Gasteiger partial charge in [-0.2, -0.15) is 5.10 Å². The first kappa shape index (κ1) is 21.1. The van der Waals surface area contributed by atoms with Gasteiger partial charge in [0.25, 0.3) is 5.56 Å². The van der Waals surface area contributed by atoms with E-state index in [0.717, 1.165) is 11.1 Å². The molecule has 0 amide bonds. The number of aryl methyl sites for hydroxylation is 2. The molecule has 0 saturated heterocycles. The van der Waals surface area contributed by atoms with Crippen molar-refractivity contribution in [3.05, 3.63) is 81.5 Å². The zero-order chi connectivity index (χ0) is 22.0. The van der Waals surface area contributed by atoms with Gasteiger partial charge in [0.2, 0.25) is 0 Å². The van der Waals surface area contributed by atoms with Crippen molar-refractivity contribution in [2.45, 2.75) is 37.8 Å². The molecule has 0 spiro atoms. The summed E-state index contributed by atoms with van der Waals surface area (Å²) in [7, 11) is 1.61. The summed E-state index contributed by atoms with van der Waals surface area (Å²) in [6.07, 6.45) is 0. The van der Waals surface area contributed by atoms with Crippen LogP contribution in [0.15, 0.2) is 58.5 Å². The van der Waals surface area contributed by atoms with Gasteiger partial charge in [-0.3, -0.25) is 14.0 Å². The van der Waals surface area contributed by atoms with E-state index in [-0.39, 0.29) is 11.4 Å². The summed E-state index contributed by atoms with van der Waals surface area (Å²) in [5.74, 6) is 0.909. The molecule has 0 atom stereocenters. The number of thioether (sulfide) groups is 1. The maximum absolute atomic E-state index is 13.6. The van der Waals surface area contributed by atoms with Crippen LogP contribution in [0, 0.1) is 12.7 Å². The monoisotopic (exact) mass is 438 g/mol. The second-order valence-electron chi connectivity index (χ2n) is 7.11. The maximum atomic E-state index is 13.6. The Hall–Kier alpha value is -3.13. The first-order valence-electron chi connectivity index (χ1n) is 9.99. The highest BCUT2D eigenvalue weighted by atomic mass is 32.2. The lowest BCUT2D eigenvalue weighted by atomic mass is 10.2. The molecule has 2 heterocycles. The van der Waals surface area contributed by atoms with Crippen LogP contribution in [-0.2, 0) is 18.8 Å². The highest BCUT2D eigenvalue weighted by Crippen LogP contribution is 2.26. The summed E-state index contributed by atoms with van der Waals surface area (Å²) in [6.45, 7) is 4.69. The number of nitrogens with zero attached hydrogens (tertiary/aromatic N) is 4. The Morgan fingerprint density at radius 1 is 1.16 bits per heavy atom. The molecular weight excluding hydrogens is 415 g/mol. The van der Waals surface area contributed by atoms with Crippen LogP contribution in [0.5, 0.6) is 5.75 Å². The molecule has 4 aromatic rings. The van der Waals surface area contributed by atoms with Crippen LogP contribution in [0.2, 0.25) is 0 Å². The van der Waals surface area contributed by atoms with E-state index < -0.39 is 0 Å².